The molecule has 0 aromatic heterocycles. The molecule has 1 heterocycles. The van der Waals surface area contributed by atoms with Gasteiger partial charge in [-0.15, -0.1) is 0 Å². The summed E-state index contributed by atoms with van der Waals surface area (Å²) in [5.41, 5.74) is 6.40. The van der Waals surface area contributed by atoms with Crippen LogP contribution < -0.4 is 5.73 Å². The minimum Gasteiger partial charge on any atom is -0.327 e. The molecule has 0 amide bonds. The first kappa shape index (κ1) is 14.7. The molecule has 106 valence electrons. The number of nitrogens with two attached hydrogens (primary N) is 1. The Balaban J connectivity index is 1.82. The maximum Gasteiger partial charge on any atom is 0.00844 e. The van der Waals surface area contributed by atoms with Crippen molar-refractivity contribution >= 4 is 11.8 Å². The Morgan fingerprint density at radius 2 is 1.83 bits per heavy atom. The van der Waals surface area contributed by atoms with Crippen LogP contribution in [0.3, 0.4) is 0 Å². The van der Waals surface area contributed by atoms with Gasteiger partial charge in [0.2, 0.25) is 0 Å². The van der Waals surface area contributed by atoms with Crippen LogP contribution in [0.5, 0.6) is 0 Å². The van der Waals surface area contributed by atoms with Crippen LogP contribution in [0.4, 0.5) is 0 Å². The molecule has 0 aromatic carbocycles. The quantitative estimate of drug-likeness (QED) is 0.855. The molecule has 2 aliphatic rings. The fourth-order valence-electron chi connectivity index (χ4n) is 3.91. The van der Waals surface area contributed by atoms with Crippen LogP contribution in [0, 0.1) is 17.8 Å². The molecule has 0 bridgehead atoms. The van der Waals surface area contributed by atoms with Crippen molar-refractivity contribution in [2.45, 2.75) is 50.8 Å². The second-order valence-electron chi connectivity index (χ2n) is 6.62. The highest BCUT2D eigenvalue weighted by Gasteiger charge is 2.33. The Hall–Kier alpha value is 0.270. The first-order chi connectivity index (χ1) is 8.60. The van der Waals surface area contributed by atoms with Gasteiger partial charge in [-0.3, -0.25) is 0 Å². The lowest BCUT2D eigenvalue weighted by Gasteiger charge is -2.42. The van der Waals surface area contributed by atoms with Gasteiger partial charge in [0.15, 0.2) is 0 Å². The molecule has 4 unspecified atom stereocenters. The molecule has 1 saturated carbocycles. The lowest BCUT2D eigenvalue weighted by molar-refractivity contribution is 0.108. The van der Waals surface area contributed by atoms with E-state index >= 15 is 0 Å². The molecule has 18 heavy (non-hydrogen) atoms. The molecule has 1 aliphatic heterocycles. The monoisotopic (exact) mass is 270 g/mol. The second kappa shape index (κ2) is 6.62. The summed E-state index contributed by atoms with van der Waals surface area (Å²) in [5, 5.41) is 0.902. The molecular formula is C15H30N2S. The molecule has 2 fully saturated rings. The van der Waals surface area contributed by atoms with Gasteiger partial charge in [0.1, 0.15) is 0 Å². The molecule has 4 atom stereocenters. The van der Waals surface area contributed by atoms with E-state index in [1.54, 1.807) is 0 Å². The fourth-order valence-corrected chi connectivity index (χ4v) is 4.59. The minimum atomic E-state index is 0.432. The third-order valence-electron chi connectivity index (χ3n) is 5.07. The van der Waals surface area contributed by atoms with Crippen molar-refractivity contribution in [3.8, 4) is 0 Å². The summed E-state index contributed by atoms with van der Waals surface area (Å²) in [6.07, 6.45) is 7.60. The van der Waals surface area contributed by atoms with Crippen LogP contribution in [0.25, 0.3) is 0 Å². The fraction of sp³-hybridized carbons (Fsp3) is 1.00. The van der Waals surface area contributed by atoms with E-state index in [4.69, 9.17) is 5.73 Å². The van der Waals surface area contributed by atoms with Crippen molar-refractivity contribution < 1.29 is 0 Å². The van der Waals surface area contributed by atoms with E-state index in [-0.39, 0.29) is 0 Å². The molecule has 1 saturated heterocycles. The van der Waals surface area contributed by atoms with Gasteiger partial charge >= 0.3 is 0 Å². The first-order valence-corrected chi connectivity index (χ1v) is 8.89. The highest BCUT2D eigenvalue weighted by Crippen LogP contribution is 2.34. The maximum atomic E-state index is 6.40. The molecular weight excluding hydrogens is 240 g/mol. The highest BCUT2D eigenvalue weighted by atomic mass is 32.2. The zero-order valence-electron chi connectivity index (χ0n) is 12.3. The van der Waals surface area contributed by atoms with Crippen LogP contribution in [0.1, 0.15) is 39.5 Å². The van der Waals surface area contributed by atoms with E-state index in [0.29, 0.717) is 6.04 Å². The average Bonchev–Trinajstić information content (AvgIpc) is 2.34. The normalized spacial score (nSPS) is 40.0. The number of hydrogen-bond acceptors (Lipinski definition) is 3. The van der Waals surface area contributed by atoms with Crippen molar-refractivity contribution in [3.63, 3.8) is 0 Å². The van der Waals surface area contributed by atoms with Crippen molar-refractivity contribution in [1.82, 2.24) is 4.90 Å². The third-order valence-corrected chi connectivity index (χ3v) is 6.20. The molecule has 2 nitrogen and oxygen atoms in total. The van der Waals surface area contributed by atoms with Gasteiger partial charge in [-0.25, -0.2) is 0 Å². The van der Waals surface area contributed by atoms with E-state index < -0.39 is 0 Å². The van der Waals surface area contributed by atoms with Crippen molar-refractivity contribution in [2.75, 3.05) is 25.9 Å². The van der Waals surface area contributed by atoms with Crippen LogP contribution in [-0.4, -0.2) is 42.1 Å². The number of likely N-dealkylation sites (tertiary alicyclic amines) is 1. The molecule has 2 rings (SSSR count). The first-order valence-electron chi connectivity index (χ1n) is 7.61. The number of piperidine rings is 1. The minimum absolute atomic E-state index is 0.432. The molecule has 0 aromatic rings. The van der Waals surface area contributed by atoms with E-state index in [9.17, 15) is 0 Å². The van der Waals surface area contributed by atoms with Gasteiger partial charge in [-0.05, 0) is 62.8 Å². The Labute approximate surface area is 117 Å². The highest BCUT2D eigenvalue weighted by molar-refractivity contribution is 7.99. The van der Waals surface area contributed by atoms with E-state index in [1.807, 2.05) is 11.8 Å². The Bertz CT molecular complexity index is 239. The number of rotatable bonds is 3. The van der Waals surface area contributed by atoms with Gasteiger partial charge in [0.25, 0.3) is 0 Å². The summed E-state index contributed by atoms with van der Waals surface area (Å²) in [6.45, 7) is 8.59. The third kappa shape index (κ3) is 3.64. The van der Waals surface area contributed by atoms with Gasteiger partial charge < -0.3 is 10.6 Å². The van der Waals surface area contributed by atoms with Gasteiger partial charge in [-0.2, -0.15) is 11.8 Å². The molecule has 3 heteroatoms. The second-order valence-corrected chi connectivity index (χ2v) is 7.76. The van der Waals surface area contributed by atoms with Crippen molar-refractivity contribution in [1.29, 1.82) is 0 Å². The lowest BCUT2D eigenvalue weighted by atomic mass is 9.72. The van der Waals surface area contributed by atoms with Crippen LogP contribution in [-0.2, 0) is 0 Å². The number of hydrogen-bond donors (Lipinski definition) is 1. The lowest BCUT2D eigenvalue weighted by Crippen LogP contribution is -2.48. The average molecular weight is 270 g/mol. The summed E-state index contributed by atoms with van der Waals surface area (Å²) in [5.74, 6) is 2.36. The van der Waals surface area contributed by atoms with Crippen LogP contribution in [0.15, 0.2) is 0 Å². The van der Waals surface area contributed by atoms with Gasteiger partial charge in [0, 0.05) is 17.8 Å². The van der Waals surface area contributed by atoms with Crippen molar-refractivity contribution in [2.24, 2.45) is 23.5 Å². The predicted octanol–water partition coefficient (Wildman–Crippen LogP) is 2.82. The van der Waals surface area contributed by atoms with Gasteiger partial charge in [0.05, 0.1) is 0 Å². The van der Waals surface area contributed by atoms with Crippen LogP contribution in [0.2, 0.25) is 0 Å². The molecule has 0 radical (unpaired) electrons. The zero-order chi connectivity index (χ0) is 13.1. The van der Waals surface area contributed by atoms with Crippen molar-refractivity contribution in [3.05, 3.63) is 0 Å². The standard InChI is InChI=1S/C15H30N2S/c1-11-8-12(2)14(15(16)9-11)10-17-6-4-13(18-3)5-7-17/h11-15H,4-10,16H2,1-3H3. The van der Waals surface area contributed by atoms with Gasteiger partial charge in [-0.1, -0.05) is 13.8 Å². The molecule has 1 aliphatic carbocycles. The Kier molecular flexibility index (Phi) is 5.40. The number of nitrogens with zero attached hydrogens (tertiary/aromatic N) is 1. The summed E-state index contributed by atoms with van der Waals surface area (Å²) in [4.78, 5) is 2.67. The Morgan fingerprint density at radius 1 is 1.17 bits per heavy atom. The van der Waals surface area contributed by atoms with E-state index in [1.165, 1.54) is 45.3 Å². The molecule has 2 N–H and O–H groups in total. The van der Waals surface area contributed by atoms with E-state index in [0.717, 1.165) is 23.0 Å². The maximum absolute atomic E-state index is 6.40. The zero-order valence-corrected chi connectivity index (χ0v) is 13.1. The summed E-state index contributed by atoms with van der Waals surface area (Å²) in [6, 6.07) is 0.432. The largest absolute Gasteiger partial charge is 0.327 e. The predicted molar refractivity (Wildman–Crippen MR) is 82.0 cm³/mol. The Morgan fingerprint density at radius 3 is 2.39 bits per heavy atom. The summed E-state index contributed by atoms with van der Waals surface area (Å²) in [7, 11) is 0. The smallest absolute Gasteiger partial charge is 0.00844 e. The number of thioether (sulfide) groups is 1. The summed E-state index contributed by atoms with van der Waals surface area (Å²) >= 11 is 2.04. The molecule has 0 spiro atoms. The van der Waals surface area contributed by atoms with E-state index in [2.05, 4.69) is 25.0 Å². The topological polar surface area (TPSA) is 29.3 Å². The van der Waals surface area contributed by atoms with Crippen LogP contribution >= 0.6 is 11.8 Å². The SMILES string of the molecule is CSC1CCN(CC2C(C)CC(C)CC2N)CC1. The summed E-state index contributed by atoms with van der Waals surface area (Å²) < 4.78 is 0.